The van der Waals surface area contributed by atoms with Gasteiger partial charge in [0, 0.05) is 13.1 Å². The van der Waals surface area contributed by atoms with Gasteiger partial charge in [-0.25, -0.2) is 0 Å². The SMILES string of the molecule is COc1cc(C=C2SC(=S)N(CC(=O)N(CCO)Cc3ccccc3)C2=O)cc(OC)c1OC. The molecular weight excluding hydrogens is 476 g/mol. The lowest BCUT2D eigenvalue weighted by molar-refractivity contribution is -0.136. The maximum Gasteiger partial charge on any atom is 0.266 e. The van der Waals surface area contributed by atoms with Gasteiger partial charge in [-0.2, -0.15) is 0 Å². The molecule has 1 aliphatic rings. The van der Waals surface area contributed by atoms with Crippen LogP contribution >= 0.6 is 24.0 Å². The lowest BCUT2D eigenvalue weighted by Gasteiger charge is -2.24. The van der Waals surface area contributed by atoms with Crippen molar-refractivity contribution in [1.82, 2.24) is 9.80 Å². The van der Waals surface area contributed by atoms with E-state index in [1.54, 1.807) is 18.2 Å². The van der Waals surface area contributed by atoms with Gasteiger partial charge in [0.15, 0.2) is 11.5 Å². The molecule has 1 N–H and O–H groups in total. The molecule has 0 radical (unpaired) electrons. The van der Waals surface area contributed by atoms with Gasteiger partial charge in [0.1, 0.15) is 10.9 Å². The zero-order valence-corrected chi connectivity index (χ0v) is 20.8. The van der Waals surface area contributed by atoms with Gasteiger partial charge in [-0.3, -0.25) is 14.5 Å². The van der Waals surface area contributed by atoms with Crippen LogP contribution in [0.1, 0.15) is 11.1 Å². The number of nitrogens with zero attached hydrogens (tertiary/aromatic N) is 2. The number of hydrogen-bond acceptors (Lipinski definition) is 8. The molecule has 2 amide bonds. The zero-order chi connectivity index (χ0) is 24.7. The first-order valence-corrected chi connectivity index (χ1v) is 11.6. The monoisotopic (exact) mass is 502 g/mol. The summed E-state index contributed by atoms with van der Waals surface area (Å²) in [6, 6.07) is 12.9. The fourth-order valence-corrected chi connectivity index (χ4v) is 4.68. The molecule has 1 saturated heterocycles. The zero-order valence-electron chi connectivity index (χ0n) is 19.1. The molecule has 1 fully saturated rings. The number of rotatable bonds is 10. The van der Waals surface area contributed by atoms with E-state index in [0.29, 0.717) is 38.6 Å². The minimum atomic E-state index is -0.360. The highest BCUT2D eigenvalue weighted by molar-refractivity contribution is 8.26. The van der Waals surface area contributed by atoms with E-state index in [0.717, 1.165) is 17.3 Å². The summed E-state index contributed by atoms with van der Waals surface area (Å²) in [6.07, 6.45) is 1.67. The Morgan fingerprint density at radius 1 is 1.12 bits per heavy atom. The fourth-order valence-electron chi connectivity index (χ4n) is 3.42. The summed E-state index contributed by atoms with van der Waals surface area (Å²) in [6.45, 7) is 0.0994. The molecule has 34 heavy (non-hydrogen) atoms. The van der Waals surface area contributed by atoms with Crippen molar-refractivity contribution in [3.8, 4) is 17.2 Å². The molecule has 180 valence electrons. The van der Waals surface area contributed by atoms with Gasteiger partial charge in [-0.15, -0.1) is 0 Å². The molecule has 0 saturated carbocycles. The van der Waals surface area contributed by atoms with Crippen LogP contribution in [-0.4, -0.2) is 72.1 Å². The Bertz CT molecular complexity index is 1070. The molecule has 0 bridgehead atoms. The molecule has 0 aliphatic carbocycles. The Morgan fingerprint density at radius 2 is 1.76 bits per heavy atom. The van der Waals surface area contributed by atoms with Gasteiger partial charge in [0.2, 0.25) is 11.7 Å². The van der Waals surface area contributed by atoms with Gasteiger partial charge >= 0.3 is 0 Å². The predicted octanol–water partition coefficient (Wildman–Crippen LogP) is 2.93. The number of amides is 2. The quantitative estimate of drug-likeness (QED) is 0.392. The van der Waals surface area contributed by atoms with Crippen LogP contribution in [0.25, 0.3) is 6.08 Å². The second-order valence-corrected chi connectivity index (χ2v) is 8.93. The molecule has 0 aromatic heterocycles. The normalized spacial score (nSPS) is 14.5. The van der Waals surface area contributed by atoms with Gasteiger partial charge in [-0.1, -0.05) is 54.3 Å². The largest absolute Gasteiger partial charge is 0.493 e. The molecule has 3 rings (SSSR count). The minimum absolute atomic E-state index is 0.157. The third-order valence-electron chi connectivity index (χ3n) is 5.09. The highest BCUT2D eigenvalue weighted by Gasteiger charge is 2.34. The van der Waals surface area contributed by atoms with E-state index in [4.69, 9.17) is 26.4 Å². The number of aliphatic hydroxyl groups is 1. The second kappa shape index (κ2) is 11.9. The van der Waals surface area contributed by atoms with Crippen LogP contribution in [-0.2, 0) is 16.1 Å². The van der Waals surface area contributed by atoms with Crippen LogP contribution in [0, 0.1) is 0 Å². The summed E-state index contributed by atoms with van der Waals surface area (Å²) in [4.78, 5) is 29.2. The number of methoxy groups -OCH3 is 3. The third kappa shape index (κ3) is 5.88. The van der Waals surface area contributed by atoms with Crippen molar-refractivity contribution in [3.05, 3.63) is 58.5 Å². The first-order chi connectivity index (χ1) is 16.4. The van der Waals surface area contributed by atoms with Gasteiger partial charge in [-0.05, 0) is 29.3 Å². The summed E-state index contributed by atoms with van der Waals surface area (Å²) >= 11 is 6.51. The second-order valence-electron chi connectivity index (χ2n) is 7.25. The molecule has 0 atom stereocenters. The minimum Gasteiger partial charge on any atom is -0.493 e. The van der Waals surface area contributed by atoms with Crippen molar-refractivity contribution in [2.24, 2.45) is 0 Å². The number of carbonyl (C=O) groups is 2. The van der Waals surface area contributed by atoms with Crippen LogP contribution in [0.3, 0.4) is 0 Å². The number of thioether (sulfide) groups is 1. The number of benzene rings is 2. The van der Waals surface area contributed by atoms with Crippen molar-refractivity contribution in [3.63, 3.8) is 0 Å². The van der Waals surface area contributed by atoms with Crippen LogP contribution < -0.4 is 14.2 Å². The van der Waals surface area contributed by atoms with E-state index < -0.39 is 0 Å². The van der Waals surface area contributed by atoms with Crippen molar-refractivity contribution >= 4 is 46.2 Å². The van der Waals surface area contributed by atoms with Crippen LogP contribution in [0.2, 0.25) is 0 Å². The van der Waals surface area contributed by atoms with Crippen LogP contribution in [0.15, 0.2) is 47.4 Å². The van der Waals surface area contributed by atoms with Crippen molar-refractivity contribution in [2.45, 2.75) is 6.54 Å². The van der Waals surface area contributed by atoms with E-state index >= 15 is 0 Å². The predicted molar refractivity (Wildman–Crippen MR) is 135 cm³/mol. The maximum absolute atomic E-state index is 13.1. The van der Waals surface area contributed by atoms with E-state index in [1.165, 1.54) is 31.1 Å². The molecule has 1 heterocycles. The van der Waals surface area contributed by atoms with E-state index in [2.05, 4.69) is 0 Å². The van der Waals surface area contributed by atoms with Crippen LogP contribution in [0.5, 0.6) is 17.2 Å². The molecule has 2 aromatic carbocycles. The summed E-state index contributed by atoms with van der Waals surface area (Å²) in [5.74, 6) is 0.699. The molecule has 2 aromatic rings. The van der Waals surface area contributed by atoms with Crippen LogP contribution in [0.4, 0.5) is 0 Å². The topological polar surface area (TPSA) is 88.5 Å². The standard InChI is InChI=1S/C24H26N2O6S2/c1-30-18-11-17(12-19(31-2)22(18)32-3)13-20-23(29)26(24(33)34-20)15-21(28)25(9-10-27)14-16-7-5-4-6-8-16/h4-8,11-13,27H,9-10,14-15H2,1-3H3. The van der Waals surface area contributed by atoms with E-state index in [9.17, 15) is 14.7 Å². The Balaban J connectivity index is 1.78. The lowest BCUT2D eigenvalue weighted by atomic mass is 10.1. The summed E-state index contributed by atoms with van der Waals surface area (Å²) in [7, 11) is 4.54. The maximum atomic E-state index is 13.1. The van der Waals surface area contributed by atoms with Gasteiger partial charge in [0.05, 0.1) is 32.8 Å². The number of hydrogen-bond donors (Lipinski definition) is 1. The Morgan fingerprint density at radius 3 is 2.32 bits per heavy atom. The Hall–Kier alpha value is -3.08. The Kier molecular flexibility index (Phi) is 8.91. The number of ether oxygens (including phenoxy) is 3. The summed E-state index contributed by atoms with van der Waals surface area (Å²) < 4.78 is 16.4. The molecule has 0 unspecified atom stereocenters. The third-order valence-corrected chi connectivity index (χ3v) is 6.47. The summed E-state index contributed by atoms with van der Waals surface area (Å²) in [5, 5.41) is 9.41. The smallest absolute Gasteiger partial charge is 0.266 e. The first-order valence-electron chi connectivity index (χ1n) is 10.4. The molecule has 0 spiro atoms. The van der Waals surface area contributed by atoms with Crippen molar-refractivity contribution in [1.29, 1.82) is 0 Å². The Labute approximate surface area is 208 Å². The van der Waals surface area contributed by atoms with Crippen molar-refractivity contribution < 1.29 is 28.9 Å². The average molecular weight is 503 g/mol. The highest BCUT2D eigenvalue weighted by Crippen LogP contribution is 2.40. The molecule has 1 aliphatic heterocycles. The average Bonchev–Trinajstić information content (AvgIpc) is 3.10. The van der Waals surface area contributed by atoms with Gasteiger partial charge < -0.3 is 24.2 Å². The fraction of sp³-hybridized carbons (Fsp3) is 0.292. The molecular formula is C24H26N2O6S2. The molecule has 10 heteroatoms. The lowest BCUT2D eigenvalue weighted by Crippen LogP contribution is -2.42. The number of aliphatic hydroxyl groups excluding tert-OH is 1. The van der Waals surface area contributed by atoms with Gasteiger partial charge in [0.25, 0.3) is 5.91 Å². The number of carbonyl (C=O) groups excluding carboxylic acids is 2. The van der Waals surface area contributed by atoms with E-state index in [-0.39, 0.29) is 31.5 Å². The number of thiocarbonyl (C=S) groups is 1. The van der Waals surface area contributed by atoms with Crippen molar-refractivity contribution in [2.75, 3.05) is 41.0 Å². The van der Waals surface area contributed by atoms with E-state index in [1.807, 2.05) is 30.3 Å². The highest BCUT2D eigenvalue weighted by atomic mass is 32.2. The first kappa shape index (κ1) is 25.5. The molecule has 8 nitrogen and oxygen atoms in total. The summed E-state index contributed by atoms with van der Waals surface area (Å²) in [5.41, 5.74) is 1.59.